The van der Waals surface area contributed by atoms with Gasteiger partial charge in [-0.3, -0.25) is 4.79 Å². The smallest absolute Gasteiger partial charge is 0.303 e. The summed E-state index contributed by atoms with van der Waals surface area (Å²) >= 11 is 0. The molecule has 0 fully saturated rings. The van der Waals surface area contributed by atoms with Crippen molar-refractivity contribution < 1.29 is 9.90 Å². The number of aryl methyl sites for hydroxylation is 4. The number of para-hydroxylation sites is 1. The molecule has 19 heavy (non-hydrogen) atoms. The highest BCUT2D eigenvalue weighted by Gasteiger charge is 2.11. The van der Waals surface area contributed by atoms with Crippen LogP contribution in [0.25, 0.3) is 5.69 Å². The normalized spacial score (nSPS) is 10.7. The zero-order valence-corrected chi connectivity index (χ0v) is 11.5. The van der Waals surface area contributed by atoms with Gasteiger partial charge in [0.2, 0.25) is 0 Å². The Morgan fingerprint density at radius 3 is 2.47 bits per heavy atom. The van der Waals surface area contributed by atoms with Gasteiger partial charge < -0.3 is 5.11 Å². The van der Waals surface area contributed by atoms with E-state index in [1.54, 1.807) is 0 Å². The Hall–Kier alpha value is -2.10. The first-order valence-electron chi connectivity index (χ1n) is 6.33. The zero-order chi connectivity index (χ0) is 14.0. The average Bonchev–Trinajstić information content (AvgIpc) is 2.68. The maximum absolute atomic E-state index is 10.6. The van der Waals surface area contributed by atoms with Crippen LogP contribution in [0.2, 0.25) is 0 Å². The molecule has 100 valence electrons. The Labute approximate surface area is 112 Å². The molecule has 2 aromatic rings. The molecular formula is C15H18N2O2. The van der Waals surface area contributed by atoms with E-state index in [0.29, 0.717) is 6.42 Å². The predicted molar refractivity (Wildman–Crippen MR) is 73.7 cm³/mol. The predicted octanol–water partition coefficient (Wildman–Crippen LogP) is 2.81. The van der Waals surface area contributed by atoms with Crippen molar-refractivity contribution in [3.05, 3.63) is 46.8 Å². The average molecular weight is 258 g/mol. The molecule has 0 aliphatic rings. The van der Waals surface area contributed by atoms with Crippen LogP contribution in [0.5, 0.6) is 0 Å². The van der Waals surface area contributed by atoms with Gasteiger partial charge in [0.15, 0.2) is 0 Å². The maximum Gasteiger partial charge on any atom is 0.303 e. The number of rotatable bonds is 4. The third-order valence-corrected chi connectivity index (χ3v) is 3.18. The summed E-state index contributed by atoms with van der Waals surface area (Å²) in [4.78, 5) is 10.6. The first kappa shape index (κ1) is 13.3. The summed E-state index contributed by atoms with van der Waals surface area (Å²) in [6.07, 6.45) is 0.581. The Kier molecular flexibility index (Phi) is 3.69. The van der Waals surface area contributed by atoms with E-state index in [1.165, 1.54) is 0 Å². The first-order chi connectivity index (χ1) is 8.99. The van der Waals surface area contributed by atoms with E-state index in [4.69, 9.17) is 5.11 Å². The number of aliphatic carboxylic acids is 1. The summed E-state index contributed by atoms with van der Waals surface area (Å²) in [5.41, 5.74) is 5.26. The van der Waals surface area contributed by atoms with Crippen LogP contribution >= 0.6 is 0 Å². The Morgan fingerprint density at radius 2 is 1.89 bits per heavy atom. The monoisotopic (exact) mass is 258 g/mol. The van der Waals surface area contributed by atoms with Gasteiger partial charge in [-0.15, -0.1) is 0 Å². The second-order valence-electron chi connectivity index (χ2n) is 4.82. The molecule has 0 saturated carbocycles. The molecule has 0 unspecified atom stereocenters. The van der Waals surface area contributed by atoms with Crippen molar-refractivity contribution in [1.29, 1.82) is 0 Å². The first-order valence-corrected chi connectivity index (χ1v) is 6.33. The highest BCUT2D eigenvalue weighted by Crippen LogP contribution is 2.20. The van der Waals surface area contributed by atoms with Gasteiger partial charge in [-0.25, -0.2) is 4.68 Å². The minimum Gasteiger partial charge on any atom is -0.481 e. The van der Waals surface area contributed by atoms with Crippen molar-refractivity contribution in [1.82, 2.24) is 9.78 Å². The van der Waals surface area contributed by atoms with Crippen molar-refractivity contribution in [3.63, 3.8) is 0 Å². The molecule has 1 aromatic heterocycles. The molecule has 0 amide bonds. The lowest BCUT2D eigenvalue weighted by atomic mass is 10.1. The van der Waals surface area contributed by atoms with Crippen LogP contribution < -0.4 is 0 Å². The molecule has 0 aliphatic carbocycles. The summed E-state index contributed by atoms with van der Waals surface area (Å²) < 4.78 is 1.90. The van der Waals surface area contributed by atoms with Gasteiger partial charge >= 0.3 is 5.97 Å². The number of aromatic nitrogens is 2. The van der Waals surface area contributed by atoms with Gasteiger partial charge in [-0.05, 0) is 38.0 Å². The Balaban J connectivity index is 2.38. The van der Waals surface area contributed by atoms with Crippen LogP contribution in [0.15, 0.2) is 24.3 Å². The van der Waals surface area contributed by atoms with Gasteiger partial charge in [0.1, 0.15) is 0 Å². The minimum absolute atomic E-state index is 0.114. The molecule has 0 saturated heterocycles. The number of carbonyl (C=O) groups is 1. The number of hydrogen-bond donors (Lipinski definition) is 1. The third kappa shape index (κ3) is 2.84. The van der Waals surface area contributed by atoms with Crippen LogP contribution in [0.3, 0.4) is 0 Å². The van der Waals surface area contributed by atoms with Crippen LogP contribution in [0.4, 0.5) is 0 Å². The number of nitrogens with zero attached hydrogens (tertiary/aromatic N) is 2. The van der Waals surface area contributed by atoms with Crippen molar-refractivity contribution in [2.45, 2.75) is 33.6 Å². The molecule has 0 aliphatic heterocycles. The third-order valence-electron chi connectivity index (χ3n) is 3.18. The van der Waals surface area contributed by atoms with Crippen molar-refractivity contribution >= 4 is 5.97 Å². The van der Waals surface area contributed by atoms with E-state index < -0.39 is 5.97 Å². The molecule has 0 bridgehead atoms. The molecule has 0 radical (unpaired) electrons. The lowest BCUT2D eigenvalue weighted by molar-refractivity contribution is -0.136. The Morgan fingerprint density at radius 1 is 1.26 bits per heavy atom. The van der Waals surface area contributed by atoms with Gasteiger partial charge in [-0.2, -0.15) is 5.10 Å². The lowest BCUT2D eigenvalue weighted by Crippen LogP contribution is -2.04. The molecule has 2 rings (SSSR count). The summed E-state index contributed by atoms with van der Waals surface area (Å²) in [5.74, 6) is -0.792. The van der Waals surface area contributed by atoms with Crippen LogP contribution in [-0.2, 0) is 11.2 Å². The number of benzene rings is 1. The number of carboxylic acid groups (broad SMARTS) is 1. The quantitative estimate of drug-likeness (QED) is 0.917. The second-order valence-corrected chi connectivity index (χ2v) is 4.82. The van der Waals surface area contributed by atoms with Crippen molar-refractivity contribution in [3.8, 4) is 5.69 Å². The molecule has 1 heterocycles. The van der Waals surface area contributed by atoms with E-state index in [-0.39, 0.29) is 6.42 Å². The van der Waals surface area contributed by atoms with E-state index in [2.05, 4.69) is 31.1 Å². The number of carboxylic acids is 1. The number of hydrogen-bond acceptors (Lipinski definition) is 2. The largest absolute Gasteiger partial charge is 0.481 e. The van der Waals surface area contributed by atoms with Gasteiger partial charge in [0.25, 0.3) is 0 Å². The molecule has 4 heteroatoms. The molecular weight excluding hydrogens is 240 g/mol. The SMILES string of the molecule is Cc1cccc(C)c1-n1nc(CCC(=O)O)cc1C. The zero-order valence-electron chi connectivity index (χ0n) is 11.5. The lowest BCUT2D eigenvalue weighted by Gasteiger charge is -2.11. The molecule has 4 nitrogen and oxygen atoms in total. The van der Waals surface area contributed by atoms with E-state index >= 15 is 0 Å². The van der Waals surface area contributed by atoms with E-state index in [1.807, 2.05) is 23.7 Å². The van der Waals surface area contributed by atoms with Gasteiger partial charge in [-0.1, -0.05) is 18.2 Å². The maximum atomic E-state index is 10.6. The van der Waals surface area contributed by atoms with Crippen molar-refractivity contribution in [2.24, 2.45) is 0 Å². The summed E-state index contributed by atoms with van der Waals surface area (Å²) in [7, 11) is 0. The fourth-order valence-corrected chi connectivity index (χ4v) is 2.26. The summed E-state index contributed by atoms with van der Waals surface area (Å²) in [6, 6.07) is 8.09. The summed E-state index contributed by atoms with van der Waals surface area (Å²) in [6.45, 7) is 6.10. The fourth-order valence-electron chi connectivity index (χ4n) is 2.26. The molecule has 1 N–H and O–H groups in total. The topological polar surface area (TPSA) is 55.1 Å². The second kappa shape index (κ2) is 5.26. The van der Waals surface area contributed by atoms with Crippen LogP contribution in [0, 0.1) is 20.8 Å². The molecule has 0 atom stereocenters. The standard InChI is InChI=1S/C15H18N2O2/c1-10-5-4-6-11(2)15(10)17-12(3)9-13(16-17)7-8-14(18)19/h4-6,9H,7-8H2,1-3H3,(H,18,19). The van der Waals surface area contributed by atoms with Crippen LogP contribution in [-0.4, -0.2) is 20.9 Å². The molecule has 1 aromatic carbocycles. The molecule has 0 spiro atoms. The van der Waals surface area contributed by atoms with Crippen LogP contribution in [0.1, 0.15) is 28.9 Å². The highest BCUT2D eigenvalue weighted by molar-refractivity contribution is 5.67. The highest BCUT2D eigenvalue weighted by atomic mass is 16.4. The van der Waals surface area contributed by atoms with Gasteiger partial charge in [0, 0.05) is 12.1 Å². The van der Waals surface area contributed by atoms with Crippen molar-refractivity contribution in [2.75, 3.05) is 0 Å². The fraction of sp³-hybridized carbons (Fsp3) is 0.333. The van der Waals surface area contributed by atoms with Gasteiger partial charge in [0.05, 0.1) is 17.8 Å². The summed E-state index contributed by atoms with van der Waals surface area (Å²) in [5, 5.41) is 13.2. The Bertz CT molecular complexity index is 594. The minimum atomic E-state index is -0.792. The van der Waals surface area contributed by atoms with E-state index in [0.717, 1.165) is 28.2 Å². The van der Waals surface area contributed by atoms with E-state index in [9.17, 15) is 4.79 Å².